The van der Waals surface area contributed by atoms with Gasteiger partial charge < -0.3 is 15.4 Å². The van der Waals surface area contributed by atoms with Crippen molar-refractivity contribution in [3.63, 3.8) is 0 Å². The van der Waals surface area contributed by atoms with Gasteiger partial charge in [-0.2, -0.15) is 0 Å². The molecular weight excluding hydrogens is 331 g/mol. The Hall–Kier alpha value is -1.89. The number of carbonyl (C=O) groups is 2. The SMILES string of the molecule is COC(=O)C1=C(C)NC(=O)N[C@H]1c1ccc(F)c(Br)c1. The highest BCUT2D eigenvalue weighted by Gasteiger charge is 2.32. The van der Waals surface area contributed by atoms with Crippen LogP contribution in [0.2, 0.25) is 0 Å². The number of amides is 2. The summed E-state index contributed by atoms with van der Waals surface area (Å²) in [6, 6.07) is 3.17. The molecule has 1 aliphatic rings. The van der Waals surface area contributed by atoms with Gasteiger partial charge in [-0.3, -0.25) is 0 Å². The third kappa shape index (κ3) is 2.67. The molecule has 2 amide bonds. The van der Waals surface area contributed by atoms with E-state index in [-0.39, 0.29) is 10.0 Å². The van der Waals surface area contributed by atoms with E-state index < -0.39 is 23.9 Å². The second-order valence-electron chi connectivity index (χ2n) is 4.24. The van der Waals surface area contributed by atoms with Crippen LogP contribution in [0.4, 0.5) is 9.18 Å². The molecule has 1 atom stereocenters. The van der Waals surface area contributed by atoms with Crippen LogP contribution in [-0.4, -0.2) is 19.1 Å². The normalized spacial score (nSPS) is 18.4. The Bertz CT molecular complexity index is 616. The van der Waals surface area contributed by atoms with Crippen molar-refractivity contribution in [3.05, 3.63) is 45.3 Å². The van der Waals surface area contributed by atoms with Gasteiger partial charge in [0.15, 0.2) is 0 Å². The van der Waals surface area contributed by atoms with Gasteiger partial charge in [0.1, 0.15) is 5.82 Å². The highest BCUT2D eigenvalue weighted by atomic mass is 79.9. The summed E-state index contributed by atoms with van der Waals surface area (Å²) in [5, 5.41) is 5.14. The molecular formula is C13H12BrFN2O3. The van der Waals surface area contributed by atoms with Gasteiger partial charge in [0.05, 0.1) is 23.2 Å². The number of esters is 1. The molecule has 0 spiro atoms. The van der Waals surface area contributed by atoms with Gasteiger partial charge >= 0.3 is 12.0 Å². The fraction of sp³-hybridized carbons (Fsp3) is 0.231. The molecule has 0 bridgehead atoms. The lowest BCUT2D eigenvalue weighted by Gasteiger charge is -2.27. The number of nitrogens with one attached hydrogen (secondary N) is 2. The van der Waals surface area contributed by atoms with Gasteiger partial charge in [-0.25, -0.2) is 14.0 Å². The minimum atomic E-state index is -0.687. The lowest BCUT2D eigenvalue weighted by Crippen LogP contribution is -2.45. The zero-order valence-electron chi connectivity index (χ0n) is 10.8. The Labute approximate surface area is 123 Å². The molecule has 1 aromatic rings. The van der Waals surface area contributed by atoms with Crippen molar-refractivity contribution in [2.75, 3.05) is 7.11 Å². The van der Waals surface area contributed by atoms with Crippen molar-refractivity contribution in [2.24, 2.45) is 0 Å². The van der Waals surface area contributed by atoms with Gasteiger partial charge in [-0.15, -0.1) is 0 Å². The molecule has 1 aromatic carbocycles. The maximum Gasteiger partial charge on any atom is 0.337 e. The van der Waals surface area contributed by atoms with Crippen LogP contribution in [0.3, 0.4) is 0 Å². The first-order chi connectivity index (χ1) is 9.43. The maximum absolute atomic E-state index is 13.3. The largest absolute Gasteiger partial charge is 0.466 e. The smallest absolute Gasteiger partial charge is 0.337 e. The van der Waals surface area contributed by atoms with Crippen molar-refractivity contribution in [2.45, 2.75) is 13.0 Å². The van der Waals surface area contributed by atoms with Crippen molar-refractivity contribution < 1.29 is 18.7 Å². The number of halogens is 2. The van der Waals surface area contributed by atoms with E-state index in [2.05, 4.69) is 26.6 Å². The average Bonchev–Trinajstić information content (AvgIpc) is 2.40. The number of carbonyl (C=O) groups excluding carboxylic acids is 2. The van der Waals surface area contributed by atoms with Crippen LogP contribution in [0.1, 0.15) is 18.5 Å². The van der Waals surface area contributed by atoms with E-state index in [0.29, 0.717) is 11.3 Å². The van der Waals surface area contributed by atoms with E-state index in [1.165, 1.54) is 25.3 Å². The Balaban J connectivity index is 2.50. The lowest BCUT2D eigenvalue weighted by molar-refractivity contribution is -0.136. The molecule has 0 unspecified atom stereocenters. The molecule has 0 saturated heterocycles. The zero-order chi connectivity index (χ0) is 14.9. The second kappa shape index (κ2) is 5.62. The molecule has 20 heavy (non-hydrogen) atoms. The Kier molecular flexibility index (Phi) is 4.08. The molecule has 0 radical (unpaired) electrons. The third-order valence-electron chi connectivity index (χ3n) is 2.95. The monoisotopic (exact) mass is 342 g/mol. The Morgan fingerprint density at radius 1 is 1.45 bits per heavy atom. The first-order valence-electron chi connectivity index (χ1n) is 5.75. The minimum Gasteiger partial charge on any atom is -0.466 e. The molecule has 0 aromatic heterocycles. The quantitative estimate of drug-likeness (QED) is 0.811. The van der Waals surface area contributed by atoms with E-state index in [1.54, 1.807) is 6.92 Å². The Morgan fingerprint density at radius 2 is 2.15 bits per heavy atom. The first-order valence-corrected chi connectivity index (χ1v) is 6.55. The molecule has 0 saturated carbocycles. The molecule has 2 N–H and O–H groups in total. The summed E-state index contributed by atoms with van der Waals surface area (Å²) < 4.78 is 18.3. The van der Waals surface area contributed by atoms with Crippen LogP contribution in [0.5, 0.6) is 0 Å². The van der Waals surface area contributed by atoms with Gasteiger partial charge in [-0.05, 0) is 40.5 Å². The lowest BCUT2D eigenvalue weighted by atomic mass is 9.95. The number of hydrogen-bond donors (Lipinski definition) is 2. The summed E-state index contributed by atoms with van der Waals surface area (Å²) >= 11 is 3.08. The standard InChI is InChI=1S/C13H12BrFN2O3/c1-6-10(12(18)20-2)11(17-13(19)16-6)7-3-4-9(15)8(14)5-7/h3-5,11H,1-2H3,(H2,16,17,19)/t11-/m0/s1. The number of ether oxygens (including phenoxy) is 1. The Morgan fingerprint density at radius 3 is 2.75 bits per heavy atom. The summed E-state index contributed by atoms with van der Waals surface area (Å²) in [7, 11) is 1.26. The first kappa shape index (κ1) is 14.5. The maximum atomic E-state index is 13.3. The molecule has 1 aliphatic heterocycles. The minimum absolute atomic E-state index is 0.254. The van der Waals surface area contributed by atoms with Crippen LogP contribution in [0.25, 0.3) is 0 Å². The van der Waals surface area contributed by atoms with E-state index in [0.717, 1.165) is 0 Å². The zero-order valence-corrected chi connectivity index (χ0v) is 12.4. The highest BCUT2D eigenvalue weighted by Crippen LogP contribution is 2.29. The molecule has 106 valence electrons. The van der Waals surface area contributed by atoms with Crippen molar-refractivity contribution in [1.82, 2.24) is 10.6 Å². The molecule has 0 fully saturated rings. The van der Waals surface area contributed by atoms with Gasteiger partial charge in [0.2, 0.25) is 0 Å². The summed E-state index contributed by atoms with van der Waals surface area (Å²) in [6.07, 6.45) is 0. The highest BCUT2D eigenvalue weighted by molar-refractivity contribution is 9.10. The summed E-state index contributed by atoms with van der Waals surface area (Å²) in [5.41, 5.74) is 1.27. The summed E-state index contributed by atoms with van der Waals surface area (Å²) in [4.78, 5) is 23.4. The van der Waals surface area contributed by atoms with Crippen molar-refractivity contribution in [1.29, 1.82) is 0 Å². The predicted octanol–water partition coefficient (Wildman–Crippen LogP) is 2.39. The number of urea groups is 1. The number of benzene rings is 1. The van der Waals surface area contributed by atoms with Crippen LogP contribution in [0, 0.1) is 5.82 Å². The van der Waals surface area contributed by atoms with Crippen LogP contribution in [-0.2, 0) is 9.53 Å². The van der Waals surface area contributed by atoms with E-state index in [4.69, 9.17) is 4.74 Å². The van der Waals surface area contributed by atoms with Crippen LogP contribution >= 0.6 is 15.9 Å². The van der Waals surface area contributed by atoms with E-state index in [1.807, 2.05) is 0 Å². The van der Waals surface area contributed by atoms with Crippen molar-refractivity contribution >= 4 is 27.9 Å². The predicted molar refractivity (Wildman–Crippen MR) is 73.2 cm³/mol. The number of rotatable bonds is 2. The van der Waals surface area contributed by atoms with E-state index in [9.17, 15) is 14.0 Å². The number of methoxy groups -OCH3 is 1. The summed E-state index contributed by atoms with van der Waals surface area (Å²) in [6.45, 7) is 1.61. The molecule has 7 heteroatoms. The number of hydrogen-bond acceptors (Lipinski definition) is 3. The molecule has 1 heterocycles. The fourth-order valence-corrected chi connectivity index (χ4v) is 2.41. The molecule has 2 rings (SSSR count). The second-order valence-corrected chi connectivity index (χ2v) is 5.09. The molecule has 5 nitrogen and oxygen atoms in total. The summed E-state index contributed by atoms with van der Waals surface area (Å²) in [5.74, 6) is -0.977. The van der Waals surface area contributed by atoms with Gasteiger partial charge in [0.25, 0.3) is 0 Å². The topological polar surface area (TPSA) is 67.4 Å². The molecule has 0 aliphatic carbocycles. The van der Waals surface area contributed by atoms with Crippen LogP contribution < -0.4 is 10.6 Å². The van der Waals surface area contributed by atoms with Gasteiger partial charge in [-0.1, -0.05) is 6.07 Å². The average molecular weight is 343 g/mol. The fourth-order valence-electron chi connectivity index (χ4n) is 2.02. The third-order valence-corrected chi connectivity index (χ3v) is 3.56. The van der Waals surface area contributed by atoms with Crippen LogP contribution in [0.15, 0.2) is 33.9 Å². The van der Waals surface area contributed by atoms with Gasteiger partial charge in [0, 0.05) is 5.70 Å². The number of allylic oxidation sites excluding steroid dienone is 1. The van der Waals surface area contributed by atoms with Crippen molar-refractivity contribution in [3.8, 4) is 0 Å². The van der Waals surface area contributed by atoms with E-state index >= 15 is 0 Å².